The number of amides is 1. The molecule has 6 heteroatoms. The van der Waals surface area contributed by atoms with Gasteiger partial charge in [-0.1, -0.05) is 6.07 Å². The molecule has 88 valence electrons. The van der Waals surface area contributed by atoms with Gasteiger partial charge in [0.1, 0.15) is 11.5 Å². The molecule has 0 spiro atoms. The van der Waals surface area contributed by atoms with Gasteiger partial charge < -0.3 is 10.6 Å². The molecule has 0 aliphatic carbocycles. The van der Waals surface area contributed by atoms with Gasteiger partial charge in [0.2, 0.25) is 0 Å². The van der Waals surface area contributed by atoms with Crippen LogP contribution in [0.3, 0.4) is 0 Å². The minimum absolute atomic E-state index is 0.277. The number of hydrogen-bond donors (Lipinski definition) is 2. The van der Waals surface area contributed by atoms with Gasteiger partial charge in [0, 0.05) is 26.4 Å². The quantitative estimate of drug-likeness (QED) is 0.830. The predicted octanol–water partition coefficient (Wildman–Crippen LogP) is 1.11. The lowest BCUT2D eigenvalue weighted by molar-refractivity contribution is 0.102. The largest absolute Gasteiger partial charge is 0.373 e. The van der Waals surface area contributed by atoms with Crippen molar-refractivity contribution in [3.63, 3.8) is 0 Å². The molecule has 2 N–H and O–H groups in total. The normalized spacial score (nSPS) is 10.0. The van der Waals surface area contributed by atoms with Gasteiger partial charge in [-0.15, -0.1) is 0 Å². The van der Waals surface area contributed by atoms with Crippen molar-refractivity contribution in [2.45, 2.75) is 0 Å². The Morgan fingerprint density at radius 3 is 2.76 bits per heavy atom. The van der Waals surface area contributed by atoms with E-state index in [1.807, 2.05) is 0 Å². The first-order chi connectivity index (χ1) is 8.19. The SMILES string of the molecule is CNc1cccc(C(=O)Nc2ccn(C)n2)n1. The van der Waals surface area contributed by atoms with Gasteiger partial charge in [0.25, 0.3) is 5.91 Å². The number of rotatable bonds is 3. The van der Waals surface area contributed by atoms with Gasteiger partial charge in [-0.25, -0.2) is 4.98 Å². The van der Waals surface area contributed by atoms with Crippen LogP contribution in [0.5, 0.6) is 0 Å². The van der Waals surface area contributed by atoms with Crippen molar-refractivity contribution in [1.29, 1.82) is 0 Å². The fourth-order valence-corrected chi connectivity index (χ4v) is 1.36. The maximum absolute atomic E-state index is 11.8. The summed E-state index contributed by atoms with van der Waals surface area (Å²) in [7, 11) is 3.54. The lowest BCUT2D eigenvalue weighted by Gasteiger charge is -2.03. The molecule has 2 aromatic heterocycles. The summed E-state index contributed by atoms with van der Waals surface area (Å²) >= 11 is 0. The van der Waals surface area contributed by atoms with Gasteiger partial charge in [-0.2, -0.15) is 5.10 Å². The third-order valence-corrected chi connectivity index (χ3v) is 2.19. The number of aromatic nitrogens is 3. The molecule has 0 saturated heterocycles. The summed E-state index contributed by atoms with van der Waals surface area (Å²) in [4.78, 5) is 16.0. The second-order valence-corrected chi connectivity index (χ2v) is 3.49. The standard InChI is InChI=1S/C11H13N5O/c1-12-9-5-3-4-8(13-9)11(17)14-10-6-7-16(2)15-10/h3-7H,1-2H3,(H,12,13)(H,14,15,17). The first-order valence-corrected chi connectivity index (χ1v) is 5.15. The van der Waals surface area contributed by atoms with E-state index in [-0.39, 0.29) is 5.91 Å². The Bertz CT molecular complexity index is 534. The van der Waals surface area contributed by atoms with Crippen molar-refractivity contribution in [1.82, 2.24) is 14.8 Å². The van der Waals surface area contributed by atoms with E-state index in [9.17, 15) is 4.79 Å². The lowest BCUT2D eigenvalue weighted by atomic mass is 10.3. The topological polar surface area (TPSA) is 71.8 Å². The number of carbonyl (C=O) groups is 1. The number of nitrogens with zero attached hydrogens (tertiary/aromatic N) is 3. The van der Waals surface area contributed by atoms with Crippen molar-refractivity contribution in [2.24, 2.45) is 7.05 Å². The summed E-state index contributed by atoms with van der Waals surface area (Å²) in [5.74, 6) is 0.883. The summed E-state index contributed by atoms with van der Waals surface area (Å²) < 4.78 is 1.62. The van der Waals surface area contributed by atoms with E-state index in [4.69, 9.17) is 0 Å². The molecule has 0 aliphatic rings. The fourth-order valence-electron chi connectivity index (χ4n) is 1.36. The second kappa shape index (κ2) is 4.65. The zero-order valence-electron chi connectivity index (χ0n) is 9.64. The maximum Gasteiger partial charge on any atom is 0.275 e. The molecule has 0 aliphatic heterocycles. The highest BCUT2D eigenvalue weighted by Crippen LogP contribution is 2.07. The third-order valence-electron chi connectivity index (χ3n) is 2.19. The van der Waals surface area contributed by atoms with Gasteiger partial charge in [-0.3, -0.25) is 9.48 Å². The Morgan fingerprint density at radius 1 is 1.29 bits per heavy atom. The van der Waals surface area contributed by atoms with Gasteiger partial charge in [0.05, 0.1) is 0 Å². The van der Waals surface area contributed by atoms with Crippen LogP contribution in [-0.2, 0) is 7.05 Å². The average Bonchev–Trinajstić information content (AvgIpc) is 2.75. The molecule has 0 radical (unpaired) electrons. The van der Waals surface area contributed by atoms with Crippen molar-refractivity contribution in [2.75, 3.05) is 17.7 Å². The summed E-state index contributed by atoms with van der Waals surface area (Å²) in [6.45, 7) is 0. The Hall–Kier alpha value is -2.37. The molecule has 1 amide bonds. The van der Waals surface area contributed by atoms with Crippen LogP contribution in [0.15, 0.2) is 30.5 Å². The van der Waals surface area contributed by atoms with Crippen LogP contribution in [0.1, 0.15) is 10.5 Å². The maximum atomic E-state index is 11.8. The molecule has 17 heavy (non-hydrogen) atoms. The molecular formula is C11H13N5O. The molecule has 0 unspecified atom stereocenters. The van der Waals surface area contributed by atoms with Crippen LogP contribution >= 0.6 is 0 Å². The third kappa shape index (κ3) is 2.60. The number of hydrogen-bond acceptors (Lipinski definition) is 4. The van der Waals surface area contributed by atoms with Crippen LogP contribution in [0.2, 0.25) is 0 Å². The van der Waals surface area contributed by atoms with E-state index >= 15 is 0 Å². The molecule has 0 saturated carbocycles. The molecule has 2 aromatic rings. The zero-order chi connectivity index (χ0) is 12.3. The van der Waals surface area contributed by atoms with E-state index in [0.29, 0.717) is 17.3 Å². The molecule has 2 rings (SSSR count). The van der Waals surface area contributed by atoms with E-state index in [1.54, 1.807) is 49.2 Å². The number of nitrogens with one attached hydrogen (secondary N) is 2. The molecular weight excluding hydrogens is 218 g/mol. The minimum atomic E-state index is -0.277. The Balaban J connectivity index is 2.14. The van der Waals surface area contributed by atoms with Crippen LogP contribution in [0.25, 0.3) is 0 Å². The van der Waals surface area contributed by atoms with Crippen LogP contribution in [0.4, 0.5) is 11.6 Å². The fraction of sp³-hybridized carbons (Fsp3) is 0.182. The molecule has 0 fully saturated rings. The monoisotopic (exact) mass is 231 g/mol. The first kappa shape index (κ1) is 11.1. The molecule has 0 bridgehead atoms. The van der Waals surface area contributed by atoms with Crippen LogP contribution in [0, 0.1) is 0 Å². The Labute approximate surface area is 98.7 Å². The van der Waals surface area contributed by atoms with Crippen molar-refractivity contribution in [3.05, 3.63) is 36.2 Å². The second-order valence-electron chi connectivity index (χ2n) is 3.49. The van der Waals surface area contributed by atoms with E-state index in [1.165, 1.54) is 0 Å². The highest BCUT2D eigenvalue weighted by molar-refractivity contribution is 6.02. The van der Waals surface area contributed by atoms with Crippen molar-refractivity contribution in [3.8, 4) is 0 Å². The summed E-state index contributed by atoms with van der Waals surface area (Å²) in [6, 6.07) is 6.93. The summed E-state index contributed by atoms with van der Waals surface area (Å²) in [5, 5.41) is 9.61. The smallest absolute Gasteiger partial charge is 0.275 e. The van der Waals surface area contributed by atoms with E-state index < -0.39 is 0 Å². The number of carbonyl (C=O) groups excluding carboxylic acids is 1. The number of anilines is 2. The predicted molar refractivity (Wildman–Crippen MR) is 64.9 cm³/mol. The van der Waals surface area contributed by atoms with Crippen LogP contribution in [-0.4, -0.2) is 27.7 Å². The van der Waals surface area contributed by atoms with Gasteiger partial charge >= 0.3 is 0 Å². The highest BCUT2D eigenvalue weighted by Gasteiger charge is 2.09. The number of pyridine rings is 1. The molecule has 0 atom stereocenters. The van der Waals surface area contributed by atoms with E-state index in [2.05, 4.69) is 20.7 Å². The minimum Gasteiger partial charge on any atom is -0.373 e. The van der Waals surface area contributed by atoms with Crippen molar-refractivity contribution < 1.29 is 4.79 Å². The summed E-state index contributed by atoms with van der Waals surface area (Å²) in [6.07, 6.45) is 1.76. The zero-order valence-corrected chi connectivity index (χ0v) is 9.64. The highest BCUT2D eigenvalue weighted by atomic mass is 16.2. The van der Waals surface area contributed by atoms with Gasteiger partial charge in [-0.05, 0) is 12.1 Å². The Kier molecular flexibility index (Phi) is 3.04. The van der Waals surface area contributed by atoms with Crippen LogP contribution < -0.4 is 10.6 Å². The Morgan fingerprint density at radius 2 is 2.12 bits per heavy atom. The average molecular weight is 231 g/mol. The number of aryl methyl sites for hydroxylation is 1. The molecule has 2 heterocycles. The summed E-state index contributed by atoms with van der Waals surface area (Å²) in [5.41, 5.74) is 0.350. The van der Waals surface area contributed by atoms with Crippen molar-refractivity contribution >= 4 is 17.5 Å². The van der Waals surface area contributed by atoms with E-state index in [0.717, 1.165) is 0 Å². The first-order valence-electron chi connectivity index (χ1n) is 5.15. The van der Waals surface area contributed by atoms with Gasteiger partial charge in [0.15, 0.2) is 5.82 Å². The molecule has 6 nitrogen and oxygen atoms in total. The lowest BCUT2D eigenvalue weighted by Crippen LogP contribution is -2.14. The molecule has 0 aromatic carbocycles.